The minimum atomic E-state index is 0.464. The zero-order valence-corrected chi connectivity index (χ0v) is 16.9. The number of pyridine rings is 1. The normalized spacial score (nSPS) is 11.2. The van der Waals surface area contributed by atoms with Gasteiger partial charge in [-0.15, -0.1) is 0 Å². The van der Waals surface area contributed by atoms with Crippen LogP contribution in [0.2, 0.25) is 0 Å². The van der Waals surface area contributed by atoms with Gasteiger partial charge in [0.1, 0.15) is 5.75 Å². The molecule has 0 aliphatic rings. The Morgan fingerprint density at radius 2 is 2.00 bits per heavy atom. The summed E-state index contributed by atoms with van der Waals surface area (Å²) >= 11 is 0. The van der Waals surface area contributed by atoms with E-state index in [1.54, 1.807) is 13.3 Å². The molecule has 7 heteroatoms. The van der Waals surface area contributed by atoms with Gasteiger partial charge in [0.15, 0.2) is 5.96 Å². The Morgan fingerprint density at radius 3 is 2.79 bits per heavy atom. The van der Waals surface area contributed by atoms with Crippen molar-refractivity contribution in [3.63, 3.8) is 0 Å². The van der Waals surface area contributed by atoms with E-state index in [4.69, 9.17) is 14.2 Å². The second-order valence-corrected chi connectivity index (χ2v) is 5.94. The molecule has 1 aromatic carbocycles. The van der Waals surface area contributed by atoms with Gasteiger partial charge >= 0.3 is 0 Å². The minimum Gasteiger partial charge on any atom is -0.493 e. The van der Waals surface area contributed by atoms with Gasteiger partial charge in [0.25, 0.3) is 0 Å². The second kappa shape index (κ2) is 12.6. The number of hydrogen-bond donors (Lipinski definition) is 2. The predicted octanol–water partition coefficient (Wildman–Crippen LogP) is 3.47. The number of aliphatic imine (C=N–C) groups is 1. The summed E-state index contributed by atoms with van der Waals surface area (Å²) in [6.07, 6.45) is 2.57. The highest BCUT2D eigenvalue weighted by Crippen LogP contribution is 2.18. The molecular formula is C21H30N4O3. The summed E-state index contributed by atoms with van der Waals surface area (Å²) in [5.41, 5.74) is 1.84. The minimum absolute atomic E-state index is 0.464. The lowest BCUT2D eigenvalue weighted by Crippen LogP contribution is -2.30. The molecule has 152 valence electrons. The first-order chi connectivity index (χ1) is 13.8. The van der Waals surface area contributed by atoms with E-state index >= 15 is 0 Å². The number of methoxy groups -OCH3 is 1. The summed E-state index contributed by atoms with van der Waals surface area (Å²) in [5, 5.41) is 6.57. The van der Waals surface area contributed by atoms with E-state index in [-0.39, 0.29) is 0 Å². The van der Waals surface area contributed by atoms with Crippen LogP contribution in [0.5, 0.6) is 11.6 Å². The Hall–Kier alpha value is -2.80. The van der Waals surface area contributed by atoms with Crippen LogP contribution in [0, 0.1) is 0 Å². The highest BCUT2D eigenvalue weighted by Gasteiger charge is 2.05. The van der Waals surface area contributed by atoms with Crippen molar-refractivity contribution in [3.05, 3.63) is 48.2 Å². The van der Waals surface area contributed by atoms with Gasteiger partial charge in [-0.2, -0.15) is 0 Å². The molecule has 2 aromatic rings. The van der Waals surface area contributed by atoms with E-state index in [9.17, 15) is 0 Å². The zero-order chi connectivity index (χ0) is 20.0. The van der Waals surface area contributed by atoms with Crippen molar-refractivity contribution in [2.75, 3.05) is 38.8 Å². The topological polar surface area (TPSA) is 77.0 Å². The quantitative estimate of drug-likeness (QED) is 0.350. The molecule has 0 saturated carbocycles. The summed E-state index contributed by atoms with van der Waals surface area (Å²) < 4.78 is 16.4. The van der Waals surface area contributed by atoms with Crippen LogP contribution in [0.3, 0.4) is 0 Å². The molecule has 0 saturated heterocycles. The number of hydrogen-bond acceptors (Lipinski definition) is 5. The van der Waals surface area contributed by atoms with Gasteiger partial charge in [-0.25, -0.2) is 9.98 Å². The van der Waals surface area contributed by atoms with Gasteiger partial charge in [-0.05, 0) is 32.0 Å². The SMILES string of the molecule is CCNC(=NCc1cccnc1OCC)Nc1cccc(OCCCOC)c1. The lowest BCUT2D eigenvalue weighted by atomic mass is 10.3. The highest BCUT2D eigenvalue weighted by atomic mass is 16.5. The molecule has 0 fully saturated rings. The van der Waals surface area contributed by atoms with Crippen molar-refractivity contribution < 1.29 is 14.2 Å². The van der Waals surface area contributed by atoms with Gasteiger partial charge in [0.05, 0.1) is 19.8 Å². The number of anilines is 1. The molecule has 0 radical (unpaired) electrons. The van der Waals surface area contributed by atoms with Crippen LogP contribution in [0.4, 0.5) is 5.69 Å². The summed E-state index contributed by atoms with van der Waals surface area (Å²) in [5.74, 6) is 2.12. The molecule has 1 heterocycles. The molecule has 1 aromatic heterocycles. The lowest BCUT2D eigenvalue weighted by Gasteiger charge is -2.13. The number of ether oxygens (including phenoxy) is 3. The van der Waals surface area contributed by atoms with Crippen LogP contribution in [-0.4, -0.2) is 44.4 Å². The fraction of sp³-hybridized carbons (Fsp3) is 0.429. The fourth-order valence-electron chi connectivity index (χ4n) is 2.48. The van der Waals surface area contributed by atoms with Crippen molar-refractivity contribution in [1.82, 2.24) is 10.3 Å². The van der Waals surface area contributed by atoms with Crippen molar-refractivity contribution in [2.24, 2.45) is 4.99 Å². The molecule has 0 bridgehead atoms. The maximum absolute atomic E-state index is 5.76. The third-order valence-corrected chi connectivity index (χ3v) is 3.74. The molecule has 0 unspecified atom stereocenters. The summed E-state index contributed by atoms with van der Waals surface area (Å²) in [7, 11) is 1.69. The number of benzene rings is 1. The largest absolute Gasteiger partial charge is 0.493 e. The Morgan fingerprint density at radius 1 is 1.11 bits per heavy atom. The first-order valence-electron chi connectivity index (χ1n) is 9.60. The van der Waals surface area contributed by atoms with Crippen molar-refractivity contribution >= 4 is 11.6 Å². The van der Waals surface area contributed by atoms with E-state index in [2.05, 4.69) is 20.6 Å². The van der Waals surface area contributed by atoms with E-state index in [1.807, 2.05) is 50.2 Å². The highest BCUT2D eigenvalue weighted by molar-refractivity contribution is 5.93. The molecule has 0 amide bonds. The number of rotatable bonds is 11. The molecule has 7 nitrogen and oxygen atoms in total. The Bertz CT molecular complexity index is 737. The Labute approximate surface area is 167 Å². The van der Waals surface area contributed by atoms with Gasteiger partial charge in [-0.1, -0.05) is 12.1 Å². The summed E-state index contributed by atoms with van der Waals surface area (Å²) in [6, 6.07) is 11.7. The van der Waals surface area contributed by atoms with Crippen LogP contribution < -0.4 is 20.1 Å². The number of nitrogens with one attached hydrogen (secondary N) is 2. The number of aromatic nitrogens is 1. The third kappa shape index (κ3) is 7.44. The van der Waals surface area contributed by atoms with Gasteiger partial charge in [-0.3, -0.25) is 0 Å². The maximum Gasteiger partial charge on any atom is 0.218 e. The fourth-order valence-corrected chi connectivity index (χ4v) is 2.48. The van der Waals surface area contributed by atoms with Crippen molar-refractivity contribution in [1.29, 1.82) is 0 Å². The molecule has 2 N–H and O–H groups in total. The van der Waals surface area contributed by atoms with Crippen LogP contribution in [0.1, 0.15) is 25.8 Å². The molecular weight excluding hydrogens is 356 g/mol. The lowest BCUT2D eigenvalue weighted by molar-refractivity contribution is 0.172. The molecule has 0 spiro atoms. The van der Waals surface area contributed by atoms with E-state index in [1.165, 1.54) is 0 Å². The van der Waals surface area contributed by atoms with Crippen LogP contribution in [0.15, 0.2) is 47.6 Å². The molecule has 2 rings (SSSR count). The first kappa shape index (κ1) is 21.5. The molecule has 28 heavy (non-hydrogen) atoms. The van der Waals surface area contributed by atoms with Gasteiger partial charge in [0, 0.05) is 50.2 Å². The van der Waals surface area contributed by atoms with Crippen molar-refractivity contribution in [3.8, 4) is 11.6 Å². The Kier molecular flexibility index (Phi) is 9.65. The van der Waals surface area contributed by atoms with Crippen LogP contribution >= 0.6 is 0 Å². The summed E-state index contributed by atoms with van der Waals surface area (Å²) in [6.45, 7) is 7.07. The molecule has 0 atom stereocenters. The van der Waals surface area contributed by atoms with Crippen LogP contribution in [0.25, 0.3) is 0 Å². The Balaban J connectivity index is 2.03. The summed E-state index contributed by atoms with van der Waals surface area (Å²) in [4.78, 5) is 8.93. The maximum atomic E-state index is 5.76. The van der Waals surface area contributed by atoms with E-state index in [0.29, 0.717) is 38.2 Å². The van der Waals surface area contributed by atoms with Gasteiger partial charge in [0.2, 0.25) is 5.88 Å². The van der Waals surface area contributed by atoms with Gasteiger partial charge < -0.3 is 24.8 Å². The second-order valence-electron chi connectivity index (χ2n) is 5.94. The monoisotopic (exact) mass is 386 g/mol. The smallest absolute Gasteiger partial charge is 0.218 e. The predicted molar refractivity (Wildman–Crippen MR) is 112 cm³/mol. The molecule has 0 aliphatic heterocycles. The molecule has 0 aliphatic carbocycles. The van der Waals surface area contributed by atoms with Crippen LogP contribution in [-0.2, 0) is 11.3 Å². The first-order valence-corrected chi connectivity index (χ1v) is 9.60. The average Bonchev–Trinajstić information content (AvgIpc) is 2.71. The number of guanidine groups is 1. The van der Waals surface area contributed by atoms with Crippen molar-refractivity contribution in [2.45, 2.75) is 26.8 Å². The standard InChI is InChI=1S/C21H30N4O3/c1-4-22-21(24-16-17-9-7-12-23-20(17)27-5-2)25-18-10-6-11-19(15-18)28-14-8-13-26-3/h6-7,9-12,15H,4-5,8,13-14,16H2,1-3H3,(H2,22,24,25). The third-order valence-electron chi connectivity index (χ3n) is 3.74. The van der Waals surface area contributed by atoms with E-state index in [0.717, 1.165) is 30.0 Å². The number of nitrogens with zero attached hydrogens (tertiary/aromatic N) is 2. The zero-order valence-electron chi connectivity index (χ0n) is 16.9. The average molecular weight is 386 g/mol. The van der Waals surface area contributed by atoms with E-state index < -0.39 is 0 Å².